The Morgan fingerprint density at radius 1 is 1.50 bits per heavy atom. The Bertz CT molecular complexity index is 528. The summed E-state index contributed by atoms with van der Waals surface area (Å²) < 4.78 is 10.3. The Morgan fingerprint density at radius 2 is 2.38 bits per heavy atom. The van der Waals surface area contributed by atoms with E-state index in [1.54, 1.807) is 31.2 Å². The summed E-state index contributed by atoms with van der Waals surface area (Å²) in [6.07, 6.45) is 0. The summed E-state index contributed by atoms with van der Waals surface area (Å²) in [4.78, 5) is 4.00. The average molecular weight is 215 g/mol. The van der Waals surface area contributed by atoms with E-state index in [0.29, 0.717) is 23.0 Å². The van der Waals surface area contributed by atoms with Crippen molar-refractivity contribution < 1.29 is 9.26 Å². The number of nitriles is 1. The lowest BCUT2D eigenvalue weighted by Gasteiger charge is -2.02. The minimum absolute atomic E-state index is 0.204. The first-order chi connectivity index (χ1) is 7.78. The van der Waals surface area contributed by atoms with Crippen LogP contribution >= 0.6 is 0 Å². The molecule has 1 aromatic heterocycles. The highest BCUT2D eigenvalue weighted by molar-refractivity contribution is 5.36. The van der Waals surface area contributed by atoms with Gasteiger partial charge in [-0.1, -0.05) is 11.2 Å². The summed E-state index contributed by atoms with van der Waals surface area (Å²) >= 11 is 0. The molecule has 5 heteroatoms. The third-order valence-corrected chi connectivity index (χ3v) is 1.90. The highest BCUT2D eigenvalue weighted by Gasteiger charge is 2.03. The lowest BCUT2D eigenvalue weighted by Crippen LogP contribution is -1.95. The van der Waals surface area contributed by atoms with Gasteiger partial charge in [0, 0.05) is 0 Å². The Balaban J connectivity index is 2.02. The number of aryl methyl sites for hydroxylation is 1. The van der Waals surface area contributed by atoms with Crippen molar-refractivity contribution in [2.24, 2.45) is 0 Å². The van der Waals surface area contributed by atoms with Gasteiger partial charge < -0.3 is 9.26 Å². The first kappa shape index (κ1) is 10.2. The van der Waals surface area contributed by atoms with Gasteiger partial charge in [0.2, 0.25) is 0 Å². The van der Waals surface area contributed by atoms with Crippen molar-refractivity contribution in [3.8, 4) is 11.8 Å². The number of ether oxygens (including phenoxy) is 1. The highest BCUT2D eigenvalue weighted by Crippen LogP contribution is 2.13. The zero-order valence-corrected chi connectivity index (χ0v) is 8.67. The van der Waals surface area contributed by atoms with Crippen LogP contribution in [-0.4, -0.2) is 10.1 Å². The number of benzene rings is 1. The molecule has 5 nitrogen and oxygen atoms in total. The molecule has 0 amide bonds. The largest absolute Gasteiger partial charge is 0.484 e. The van der Waals surface area contributed by atoms with Gasteiger partial charge in [0.05, 0.1) is 11.6 Å². The number of nitrogens with zero attached hydrogens (tertiary/aromatic N) is 3. The van der Waals surface area contributed by atoms with Crippen molar-refractivity contribution in [2.75, 3.05) is 0 Å². The molecule has 80 valence electrons. The maximum Gasteiger partial charge on any atom is 0.264 e. The molecule has 0 saturated carbocycles. The Morgan fingerprint density at radius 3 is 3.06 bits per heavy atom. The number of hydrogen-bond acceptors (Lipinski definition) is 5. The Hall–Kier alpha value is -2.35. The van der Waals surface area contributed by atoms with Crippen LogP contribution in [0.1, 0.15) is 17.3 Å². The molecule has 0 radical (unpaired) electrons. The quantitative estimate of drug-likeness (QED) is 0.780. The molecule has 0 aliphatic heterocycles. The molecule has 2 aromatic rings. The van der Waals surface area contributed by atoms with Crippen molar-refractivity contribution in [3.63, 3.8) is 0 Å². The molecule has 0 unspecified atom stereocenters. The van der Waals surface area contributed by atoms with Crippen LogP contribution in [0.15, 0.2) is 28.8 Å². The summed E-state index contributed by atoms with van der Waals surface area (Å²) in [5, 5.41) is 12.3. The van der Waals surface area contributed by atoms with Gasteiger partial charge in [-0.25, -0.2) is 0 Å². The van der Waals surface area contributed by atoms with Gasteiger partial charge in [-0.2, -0.15) is 10.2 Å². The van der Waals surface area contributed by atoms with Crippen LogP contribution in [0.5, 0.6) is 5.75 Å². The molecular weight excluding hydrogens is 206 g/mol. The minimum atomic E-state index is 0.204. The van der Waals surface area contributed by atoms with E-state index in [4.69, 9.17) is 14.5 Å². The van der Waals surface area contributed by atoms with Gasteiger partial charge >= 0.3 is 0 Å². The molecule has 0 atom stereocenters. The summed E-state index contributed by atoms with van der Waals surface area (Å²) in [6, 6.07) is 8.93. The molecule has 0 aliphatic rings. The van der Waals surface area contributed by atoms with Crippen molar-refractivity contribution in [3.05, 3.63) is 41.5 Å². The van der Waals surface area contributed by atoms with Crippen molar-refractivity contribution in [1.29, 1.82) is 5.26 Å². The van der Waals surface area contributed by atoms with Gasteiger partial charge in [0.1, 0.15) is 5.75 Å². The van der Waals surface area contributed by atoms with E-state index in [1.165, 1.54) is 0 Å². The number of aromatic nitrogens is 2. The Kier molecular flexibility index (Phi) is 2.83. The first-order valence-electron chi connectivity index (χ1n) is 4.70. The van der Waals surface area contributed by atoms with Gasteiger partial charge in [-0.3, -0.25) is 0 Å². The van der Waals surface area contributed by atoms with Gasteiger partial charge in [-0.05, 0) is 25.1 Å². The fraction of sp³-hybridized carbons (Fsp3) is 0.182. The lowest BCUT2D eigenvalue weighted by molar-refractivity contribution is 0.242. The lowest BCUT2D eigenvalue weighted by atomic mass is 10.2. The van der Waals surface area contributed by atoms with Crippen LogP contribution in [0, 0.1) is 18.3 Å². The summed E-state index contributed by atoms with van der Waals surface area (Å²) in [7, 11) is 0. The average Bonchev–Trinajstić information content (AvgIpc) is 2.73. The second-order valence-electron chi connectivity index (χ2n) is 3.16. The Labute approximate surface area is 92.3 Å². The van der Waals surface area contributed by atoms with Crippen LogP contribution in [0.2, 0.25) is 0 Å². The third-order valence-electron chi connectivity index (χ3n) is 1.90. The third kappa shape index (κ3) is 2.36. The van der Waals surface area contributed by atoms with Crippen LogP contribution in [0.25, 0.3) is 0 Å². The monoisotopic (exact) mass is 215 g/mol. The smallest absolute Gasteiger partial charge is 0.264 e. The molecule has 1 aromatic carbocycles. The standard InChI is InChI=1S/C11H9N3O2/c1-8-13-11(16-14-8)7-15-10-4-2-3-9(5-10)6-12/h2-5H,7H2,1H3. The van der Waals surface area contributed by atoms with E-state index >= 15 is 0 Å². The fourth-order valence-electron chi connectivity index (χ4n) is 1.20. The molecule has 0 aliphatic carbocycles. The van der Waals surface area contributed by atoms with E-state index in [1.807, 2.05) is 6.07 Å². The van der Waals surface area contributed by atoms with E-state index < -0.39 is 0 Å². The molecule has 1 heterocycles. The SMILES string of the molecule is Cc1noc(COc2cccc(C#N)c2)n1. The summed E-state index contributed by atoms with van der Waals surface area (Å²) in [6.45, 7) is 1.94. The van der Waals surface area contributed by atoms with E-state index in [9.17, 15) is 0 Å². The molecule has 0 saturated heterocycles. The first-order valence-corrected chi connectivity index (χ1v) is 4.70. The minimum Gasteiger partial charge on any atom is -0.484 e. The van der Waals surface area contributed by atoms with Crippen molar-refractivity contribution in [2.45, 2.75) is 13.5 Å². The predicted octanol–water partition coefficient (Wildman–Crippen LogP) is 1.83. The van der Waals surface area contributed by atoms with Gasteiger partial charge in [0.15, 0.2) is 12.4 Å². The maximum absolute atomic E-state index is 8.70. The summed E-state index contributed by atoms with van der Waals surface area (Å²) in [5.41, 5.74) is 0.555. The van der Waals surface area contributed by atoms with E-state index in [2.05, 4.69) is 10.1 Å². The van der Waals surface area contributed by atoms with E-state index in [0.717, 1.165) is 0 Å². The second-order valence-corrected chi connectivity index (χ2v) is 3.16. The van der Waals surface area contributed by atoms with Crippen molar-refractivity contribution >= 4 is 0 Å². The second kappa shape index (κ2) is 4.45. The molecule has 0 N–H and O–H groups in total. The topological polar surface area (TPSA) is 71.9 Å². The molecular formula is C11H9N3O2. The number of hydrogen-bond donors (Lipinski definition) is 0. The maximum atomic E-state index is 8.70. The zero-order chi connectivity index (χ0) is 11.4. The fourth-order valence-corrected chi connectivity index (χ4v) is 1.20. The van der Waals surface area contributed by atoms with Gasteiger partial charge in [0.25, 0.3) is 5.89 Å². The summed E-state index contributed by atoms with van der Waals surface area (Å²) in [5.74, 6) is 1.60. The van der Waals surface area contributed by atoms with Crippen LogP contribution in [0.4, 0.5) is 0 Å². The van der Waals surface area contributed by atoms with E-state index in [-0.39, 0.29) is 6.61 Å². The van der Waals surface area contributed by atoms with Crippen LogP contribution in [-0.2, 0) is 6.61 Å². The molecule has 2 rings (SSSR count). The van der Waals surface area contributed by atoms with Crippen molar-refractivity contribution in [1.82, 2.24) is 10.1 Å². The zero-order valence-electron chi connectivity index (χ0n) is 8.67. The normalized spacial score (nSPS) is 9.75. The van der Waals surface area contributed by atoms with Crippen LogP contribution < -0.4 is 4.74 Å². The van der Waals surface area contributed by atoms with Crippen LogP contribution in [0.3, 0.4) is 0 Å². The predicted molar refractivity (Wildman–Crippen MR) is 54.5 cm³/mol. The number of rotatable bonds is 3. The molecule has 16 heavy (non-hydrogen) atoms. The molecule has 0 spiro atoms. The molecule has 0 fully saturated rings. The highest BCUT2D eigenvalue weighted by atomic mass is 16.5. The molecule has 0 bridgehead atoms. The van der Waals surface area contributed by atoms with Gasteiger partial charge in [-0.15, -0.1) is 0 Å².